The quantitative estimate of drug-likeness (QED) is 0.726. The van der Waals surface area contributed by atoms with Gasteiger partial charge in [-0.3, -0.25) is 0 Å². The van der Waals surface area contributed by atoms with E-state index >= 15 is 0 Å². The van der Waals surface area contributed by atoms with E-state index in [0.29, 0.717) is 29.2 Å². The lowest BCUT2D eigenvalue weighted by Gasteiger charge is -2.14. The van der Waals surface area contributed by atoms with Crippen LogP contribution >= 0.6 is 23.2 Å². The van der Waals surface area contributed by atoms with Crippen LogP contribution in [0.3, 0.4) is 0 Å². The first-order chi connectivity index (χ1) is 11.0. The van der Waals surface area contributed by atoms with Gasteiger partial charge in [0.25, 0.3) is 0 Å². The summed E-state index contributed by atoms with van der Waals surface area (Å²) in [7, 11) is 0. The molecule has 5 heteroatoms. The normalized spacial score (nSPS) is 13.3. The summed E-state index contributed by atoms with van der Waals surface area (Å²) < 4.78 is 2.15. The van der Waals surface area contributed by atoms with Crippen molar-refractivity contribution in [3.63, 3.8) is 0 Å². The van der Waals surface area contributed by atoms with Gasteiger partial charge in [-0.15, -0.1) is 0 Å². The fraction of sp³-hybridized carbons (Fsp3) is 0.333. The Kier molecular flexibility index (Phi) is 4.83. The molecule has 0 fully saturated rings. The van der Waals surface area contributed by atoms with E-state index < -0.39 is 6.10 Å². The first-order valence-corrected chi connectivity index (χ1v) is 8.59. The molecule has 3 nitrogen and oxygen atoms in total. The highest BCUT2D eigenvalue weighted by molar-refractivity contribution is 6.33. The Labute approximate surface area is 145 Å². The van der Waals surface area contributed by atoms with E-state index in [9.17, 15) is 5.11 Å². The summed E-state index contributed by atoms with van der Waals surface area (Å²) in [5.41, 5.74) is 2.13. The van der Waals surface area contributed by atoms with Crippen LogP contribution in [-0.4, -0.2) is 28.4 Å². The van der Waals surface area contributed by atoms with E-state index in [0.717, 1.165) is 21.8 Å². The molecule has 1 unspecified atom stereocenters. The summed E-state index contributed by atoms with van der Waals surface area (Å²) in [4.78, 5) is 0. The molecule has 2 aromatic carbocycles. The van der Waals surface area contributed by atoms with Crippen molar-refractivity contribution in [1.82, 2.24) is 4.57 Å². The number of aliphatic hydroxyl groups excluding tert-OH is 1. The van der Waals surface area contributed by atoms with Gasteiger partial charge >= 0.3 is 0 Å². The van der Waals surface area contributed by atoms with Crippen molar-refractivity contribution in [3.8, 4) is 0 Å². The Bertz CT molecular complexity index is 783. The highest BCUT2D eigenvalue weighted by Crippen LogP contribution is 2.32. The lowest BCUT2D eigenvalue weighted by molar-refractivity contribution is -0.688. The molecule has 0 radical (unpaired) electrons. The van der Waals surface area contributed by atoms with Crippen LogP contribution in [0.15, 0.2) is 36.4 Å². The Morgan fingerprint density at radius 2 is 1.52 bits per heavy atom. The third-order valence-corrected chi connectivity index (χ3v) is 4.53. The van der Waals surface area contributed by atoms with E-state index in [2.05, 4.69) is 23.7 Å². The molecule has 0 aliphatic heterocycles. The van der Waals surface area contributed by atoms with Gasteiger partial charge in [0.05, 0.1) is 12.6 Å². The van der Waals surface area contributed by atoms with Crippen LogP contribution in [0.5, 0.6) is 0 Å². The van der Waals surface area contributed by atoms with Crippen LogP contribution < -0.4 is 5.32 Å². The summed E-state index contributed by atoms with van der Waals surface area (Å²) in [5.74, 6) is 0. The minimum atomic E-state index is -0.414. The lowest BCUT2D eigenvalue weighted by atomic mass is 10.1. The Morgan fingerprint density at radius 3 is 2.00 bits per heavy atom. The molecule has 0 spiro atoms. The van der Waals surface area contributed by atoms with Crippen molar-refractivity contribution in [1.29, 1.82) is 0 Å². The van der Waals surface area contributed by atoms with Crippen LogP contribution in [0, 0.1) is 0 Å². The van der Waals surface area contributed by atoms with E-state index in [1.807, 2.05) is 36.4 Å². The van der Waals surface area contributed by atoms with Crippen molar-refractivity contribution in [2.75, 3.05) is 6.54 Å². The van der Waals surface area contributed by atoms with Crippen LogP contribution in [0.1, 0.15) is 13.8 Å². The molecule has 23 heavy (non-hydrogen) atoms. The van der Waals surface area contributed by atoms with Crippen LogP contribution in [-0.2, 0) is 6.54 Å². The SMILES string of the molecule is CC(C)[NH2+]CC(O)Cn1c2ccc(Cl)cc2c2cc(Cl)ccc21. The summed E-state index contributed by atoms with van der Waals surface area (Å²) >= 11 is 12.3. The number of hydrogen-bond donors (Lipinski definition) is 2. The van der Waals surface area contributed by atoms with Gasteiger partial charge in [0.15, 0.2) is 0 Å². The molecular formula is C18H21Cl2N2O+. The Morgan fingerprint density at radius 1 is 1.00 bits per heavy atom. The van der Waals surface area contributed by atoms with Crippen LogP contribution in [0.2, 0.25) is 10.0 Å². The molecule has 0 saturated carbocycles. The molecule has 0 bridgehead atoms. The zero-order valence-electron chi connectivity index (χ0n) is 13.3. The predicted molar refractivity (Wildman–Crippen MR) is 97.4 cm³/mol. The first-order valence-electron chi connectivity index (χ1n) is 7.84. The maximum Gasteiger partial charge on any atom is 0.121 e. The van der Waals surface area contributed by atoms with Gasteiger partial charge in [0, 0.05) is 31.9 Å². The smallest absolute Gasteiger partial charge is 0.121 e. The van der Waals surface area contributed by atoms with Crippen molar-refractivity contribution in [2.45, 2.75) is 32.5 Å². The maximum absolute atomic E-state index is 10.4. The van der Waals surface area contributed by atoms with Gasteiger partial charge in [0.2, 0.25) is 0 Å². The predicted octanol–water partition coefficient (Wildman–Crippen LogP) is 3.43. The lowest BCUT2D eigenvalue weighted by Crippen LogP contribution is -2.90. The molecule has 3 aromatic rings. The van der Waals surface area contributed by atoms with Crippen molar-refractivity contribution in [2.24, 2.45) is 0 Å². The maximum atomic E-state index is 10.4. The molecule has 0 aliphatic rings. The van der Waals surface area contributed by atoms with E-state index in [1.165, 1.54) is 0 Å². The molecule has 0 saturated heterocycles. The Hall–Kier alpha value is -1.26. The standard InChI is InChI=1S/C18H20Cl2N2O/c1-11(2)21-9-14(23)10-22-17-5-3-12(19)7-15(17)16-8-13(20)4-6-18(16)22/h3-8,11,14,21,23H,9-10H2,1-2H3/p+1. The third-order valence-electron chi connectivity index (χ3n) is 4.06. The summed E-state index contributed by atoms with van der Waals surface area (Å²) in [6.07, 6.45) is -0.414. The topological polar surface area (TPSA) is 41.8 Å². The van der Waals surface area contributed by atoms with E-state index in [1.54, 1.807) is 0 Å². The fourth-order valence-corrected chi connectivity index (χ4v) is 3.30. The fourth-order valence-electron chi connectivity index (χ4n) is 2.96. The minimum absolute atomic E-state index is 0.414. The average Bonchev–Trinajstić information content (AvgIpc) is 2.78. The highest BCUT2D eigenvalue weighted by atomic mass is 35.5. The van der Waals surface area contributed by atoms with Gasteiger partial charge in [-0.2, -0.15) is 0 Å². The van der Waals surface area contributed by atoms with Gasteiger partial charge in [-0.25, -0.2) is 0 Å². The van der Waals surface area contributed by atoms with Crippen molar-refractivity contribution in [3.05, 3.63) is 46.4 Å². The molecule has 0 aliphatic carbocycles. The minimum Gasteiger partial charge on any atom is -0.385 e. The largest absolute Gasteiger partial charge is 0.385 e. The zero-order chi connectivity index (χ0) is 16.6. The van der Waals surface area contributed by atoms with Gasteiger partial charge < -0.3 is 15.0 Å². The zero-order valence-corrected chi connectivity index (χ0v) is 14.8. The number of hydrogen-bond acceptors (Lipinski definition) is 1. The second kappa shape index (κ2) is 6.70. The number of benzene rings is 2. The number of rotatable bonds is 5. The molecular weight excluding hydrogens is 331 g/mol. The van der Waals surface area contributed by atoms with Crippen molar-refractivity contribution < 1.29 is 10.4 Å². The molecule has 3 rings (SSSR count). The average molecular weight is 352 g/mol. The molecule has 3 N–H and O–H groups in total. The number of aromatic nitrogens is 1. The first kappa shape index (κ1) is 16.6. The molecule has 1 heterocycles. The molecule has 1 atom stereocenters. The number of quaternary nitrogens is 1. The van der Waals surface area contributed by atoms with Crippen LogP contribution in [0.25, 0.3) is 21.8 Å². The molecule has 1 aromatic heterocycles. The summed E-state index contributed by atoms with van der Waals surface area (Å²) in [6, 6.07) is 12.2. The Balaban J connectivity index is 2.07. The van der Waals surface area contributed by atoms with E-state index in [-0.39, 0.29) is 0 Å². The number of fused-ring (bicyclic) bond motifs is 3. The number of nitrogens with two attached hydrogens (primary N) is 1. The summed E-state index contributed by atoms with van der Waals surface area (Å²) in [6.45, 7) is 5.47. The second-order valence-electron chi connectivity index (χ2n) is 6.30. The van der Waals surface area contributed by atoms with Crippen molar-refractivity contribution >= 4 is 45.0 Å². The van der Waals surface area contributed by atoms with Crippen LogP contribution in [0.4, 0.5) is 0 Å². The van der Waals surface area contributed by atoms with Gasteiger partial charge in [0.1, 0.15) is 12.6 Å². The van der Waals surface area contributed by atoms with Gasteiger partial charge in [-0.1, -0.05) is 23.2 Å². The van der Waals surface area contributed by atoms with E-state index in [4.69, 9.17) is 23.2 Å². The number of nitrogens with zero attached hydrogens (tertiary/aromatic N) is 1. The van der Waals surface area contributed by atoms with Gasteiger partial charge in [-0.05, 0) is 50.2 Å². The third kappa shape index (κ3) is 3.48. The summed E-state index contributed by atoms with van der Waals surface area (Å²) in [5, 5.41) is 16.1. The number of aliphatic hydroxyl groups is 1. The monoisotopic (exact) mass is 351 g/mol. The highest BCUT2D eigenvalue weighted by Gasteiger charge is 2.15. The second-order valence-corrected chi connectivity index (χ2v) is 7.18. The number of halogens is 2. The molecule has 0 amide bonds. The molecule has 122 valence electrons.